The number of carbonyl (C=O) groups is 1. The van der Waals surface area contributed by atoms with Gasteiger partial charge in [0.25, 0.3) is 0 Å². The molecule has 14 heavy (non-hydrogen) atoms. The van der Waals surface area contributed by atoms with Gasteiger partial charge < -0.3 is 5.11 Å². The van der Waals surface area contributed by atoms with Gasteiger partial charge in [-0.1, -0.05) is 0 Å². The lowest BCUT2D eigenvalue weighted by Gasteiger charge is -2.14. The minimum Gasteiger partial charge on any atom is -0.477 e. The number of aromatic carboxylic acids is 1. The third kappa shape index (κ3) is 1.38. The second-order valence-corrected chi connectivity index (χ2v) is 3.48. The molecule has 1 aromatic heterocycles. The Kier molecular flexibility index (Phi) is 2.23. The summed E-state index contributed by atoms with van der Waals surface area (Å²) in [7, 11) is 0. The van der Waals surface area contributed by atoms with Crippen molar-refractivity contribution in [2.75, 3.05) is 0 Å². The highest BCUT2D eigenvalue weighted by atomic mass is 19.1. The molecule has 0 bridgehead atoms. The van der Waals surface area contributed by atoms with Crippen molar-refractivity contribution < 1.29 is 14.3 Å². The van der Waals surface area contributed by atoms with Crippen LogP contribution in [0.3, 0.4) is 0 Å². The van der Waals surface area contributed by atoms with Crippen molar-refractivity contribution in [3.05, 3.63) is 18.0 Å². The van der Waals surface area contributed by atoms with Crippen molar-refractivity contribution in [2.24, 2.45) is 0 Å². The summed E-state index contributed by atoms with van der Waals surface area (Å²) in [6, 6.07) is 1.00. The maximum atomic E-state index is 13.3. The largest absolute Gasteiger partial charge is 0.477 e. The Bertz CT molecular complexity index is 350. The molecule has 1 aliphatic carbocycles. The average Bonchev–Trinajstić information content (AvgIpc) is 2.70. The fourth-order valence-electron chi connectivity index (χ4n) is 1.92. The first-order valence-electron chi connectivity index (χ1n) is 4.61. The lowest BCUT2D eigenvalue weighted by molar-refractivity contribution is 0.0677. The second kappa shape index (κ2) is 3.40. The second-order valence-electron chi connectivity index (χ2n) is 3.48. The monoisotopic (exact) mass is 198 g/mol. The van der Waals surface area contributed by atoms with Crippen molar-refractivity contribution in [3.8, 4) is 0 Å². The molecule has 0 saturated heterocycles. The third-order valence-electron chi connectivity index (χ3n) is 2.60. The van der Waals surface area contributed by atoms with E-state index in [4.69, 9.17) is 5.11 Å². The predicted octanol–water partition coefficient (Wildman–Crippen LogP) is 1.64. The Labute approximate surface area is 80.3 Å². The van der Waals surface area contributed by atoms with Crippen LogP contribution in [0.15, 0.2) is 12.3 Å². The molecular weight excluding hydrogens is 187 g/mol. The normalized spacial score (nSPS) is 26.6. The van der Waals surface area contributed by atoms with Gasteiger partial charge in [-0.05, 0) is 25.3 Å². The van der Waals surface area contributed by atoms with Gasteiger partial charge in [0.1, 0.15) is 11.9 Å². The third-order valence-corrected chi connectivity index (χ3v) is 2.60. The molecule has 0 aliphatic heterocycles. The highest BCUT2D eigenvalue weighted by Crippen LogP contribution is 2.32. The molecule has 2 rings (SSSR count). The van der Waals surface area contributed by atoms with E-state index in [9.17, 15) is 9.18 Å². The van der Waals surface area contributed by atoms with Gasteiger partial charge in [-0.3, -0.25) is 4.68 Å². The zero-order valence-electron chi connectivity index (χ0n) is 7.56. The number of halogens is 1. The van der Waals surface area contributed by atoms with Crippen LogP contribution in [0.25, 0.3) is 0 Å². The quantitative estimate of drug-likeness (QED) is 0.786. The summed E-state index contributed by atoms with van der Waals surface area (Å²) >= 11 is 0. The van der Waals surface area contributed by atoms with Crippen LogP contribution in [0.1, 0.15) is 35.8 Å². The molecule has 1 aliphatic rings. The fraction of sp³-hybridized carbons (Fsp3) is 0.556. The van der Waals surface area contributed by atoms with Crippen LogP contribution in [0.5, 0.6) is 0 Å². The van der Waals surface area contributed by atoms with E-state index in [1.165, 1.54) is 16.9 Å². The first kappa shape index (κ1) is 9.18. The summed E-state index contributed by atoms with van der Waals surface area (Å²) < 4.78 is 14.6. The maximum Gasteiger partial charge on any atom is 0.354 e. The van der Waals surface area contributed by atoms with Gasteiger partial charge in [-0.25, -0.2) is 9.18 Å². The van der Waals surface area contributed by atoms with Crippen LogP contribution in [-0.2, 0) is 0 Å². The molecule has 5 heteroatoms. The number of hydrogen-bond acceptors (Lipinski definition) is 2. The van der Waals surface area contributed by atoms with Crippen molar-refractivity contribution in [2.45, 2.75) is 31.5 Å². The number of hydrogen-bond donors (Lipinski definition) is 1. The summed E-state index contributed by atoms with van der Waals surface area (Å²) in [5.41, 5.74) is 0.0690. The Morgan fingerprint density at radius 2 is 2.43 bits per heavy atom. The Morgan fingerprint density at radius 1 is 1.64 bits per heavy atom. The lowest BCUT2D eigenvalue weighted by Crippen LogP contribution is -2.20. The number of carboxylic acid groups (broad SMARTS) is 1. The number of carboxylic acids is 1. The van der Waals surface area contributed by atoms with Gasteiger partial charge in [0.2, 0.25) is 0 Å². The minimum atomic E-state index is -1.05. The van der Waals surface area contributed by atoms with E-state index in [1.807, 2.05) is 0 Å². The van der Waals surface area contributed by atoms with Crippen molar-refractivity contribution in [1.82, 2.24) is 9.78 Å². The van der Waals surface area contributed by atoms with Gasteiger partial charge in [-0.2, -0.15) is 5.10 Å². The van der Waals surface area contributed by atoms with Crippen LogP contribution >= 0.6 is 0 Å². The van der Waals surface area contributed by atoms with E-state index in [0.29, 0.717) is 12.8 Å². The lowest BCUT2D eigenvalue weighted by atomic mass is 10.2. The number of alkyl halides is 1. The van der Waals surface area contributed by atoms with E-state index < -0.39 is 18.2 Å². The summed E-state index contributed by atoms with van der Waals surface area (Å²) in [5.74, 6) is -1.05. The molecule has 0 amide bonds. The molecule has 1 heterocycles. The summed E-state index contributed by atoms with van der Waals surface area (Å²) in [5, 5.41) is 12.7. The highest BCUT2D eigenvalue weighted by Gasteiger charge is 2.31. The van der Waals surface area contributed by atoms with Gasteiger partial charge >= 0.3 is 5.97 Å². The SMILES string of the molecule is O=C(O)c1ccnn1C1CCCC1F. The molecule has 1 fully saturated rings. The molecule has 1 aromatic rings. The van der Waals surface area contributed by atoms with Gasteiger partial charge in [0.05, 0.1) is 6.04 Å². The van der Waals surface area contributed by atoms with Crippen LogP contribution in [-0.4, -0.2) is 27.0 Å². The summed E-state index contributed by atoms with van der Waals surface area (Å²) in [6.45, 7) is 0. The smallest absolute Gasteiger partial charge is 0.354 e. The standard InChI is InChI=1S/C9H11FN2O2/c10-6-2-1-3-7(6)12-8(9(13)14)4-5-11-12/h4-7H,1-3H2,(H,13,14). The van der Waals surface area contributed by atoms with Crippen LogP contribution in [0.2, 0.25) is 0 Å². The molecule has 1 saturated carbocycles. The predicted molar refractivity (Wildman–Crippen MR) is 47.0 cm³/mol. The maximum absolute atomic E-state index is 13.3. The van der Waals surface area contributed by atoms with E-state index in [0.717, 1.165) is 6.42 Å². The zero-order chi connectivity index (χ0) is 10.1. The highest BCUT2D eigenvalue weighted by molar-refractivity contribution is 5.85. The van der Waals surface area contributed by atoms with Gasteiger partial charge in [-0.15, -0.1) is 0 Å². The van der Waals surface area contributed by atoms with Gasteiger partial charge in [0, 0.05) is 6.20 Å². The molecule has 1 N–H and O–H groups in total. The summed E-state index contributed by atoms with van der Waals surface area (Å²) in [4.78, 5) is 10.8. The summed E-state index contributed by atoms with van der Waals surface area (Å²) in [6.07, 6.45) is 2.40. The Hall–Kier alpha value is -1.39. The first-order chi connectivity index (χ1) is 6.70. The average molecular weight is 198 g/mol. The van der Waals surface area contributed by atoms with E-state index in [1.54, 1.807) is 0 Å². The van der Waals surface area contributed by atoms with E-state index in [-0.39, 0.29) is 5.69 Å². The van der Waals surface area contributed by atoms with Crippen molar-refractivity contribution in [1.29, 1.82) is 0 Å². The number of nitrogens with zero attached hydrogens (tertiary/aromatic N) is 2. The molecule has 0 spiro atoms. The molecular formula is C9H11FN2O2. The van der Waals surface area contributed by atoms with Crippen molar-refractivity contribution >= 4 is 5.97 Å². The van der Waals surface area contributed by atoms with Gasteiger partial charge in [0.15, 0.2) is 0 Å². The van der Waals surface area contributed by atoms with Crippen LogP contribution < -0.4 is 0 Å². The molecule has 2 atom stereocenters. The Balaban J connectivity index is 2.31. The first-order valence-corrected chi connectivity index (χ1v) is 4.61. The molecule has 2 unspecified atom stereocenters. The van der Waals surface area contributed by atoms with Crippen molar-refractivity contribution in [3.63, 3.8) is 0 Å². The molecule has 4 nitrogen and oxygen atoms in total. The number of rotatable bonds is 2. The molecule has 0 aromatic carbocycles. The van der Waals surface area contributed by atoms with Crippen LogP contribution in [0, 0.1) is 0 Å². The van der Waals surface area contributed by atoms with Crippen LogP contribution in [0.4, 0.5) is 4.39 Å². The Morgan fingerprint density at radius 3 is 3.00 bits per heavy atom. The number of aromatic nitrogens is 2. The molecule has 76 valence electrons. The topological polar surface area (TPSA) is 55.1 Å². The zero-order valence-corrected chi connectivity index (χ0v) is 7.56. The van der Waals surface area contributed by atoms with E-state index >= 15 is 0 Å². The van der Waals surface area contributed by atoms with E-state index in [2.05, 4.69) is 5.10 Å². The fourth-order valence-corrected chi connectivity index (χ4v) is 1.92. The molecule has 0 radical (unpaired) electrons. The minimum absolute atomic E-state index is 0.0690.